The van der Waals surface area contributed by atoms with Gasteiger partial charge in [0.15, 0.2) is 11.3 Å². The molecule has 0 spiro atoms. The summed E-state index contributed by atoms with van der Waals surface area (Å²) in [5, 5.41) is 29.4. The topological polar surface area (TPSA) is 119 Å². The van der Waals surface area contributed by atoms with Crippen molar-refractivity contribution in [1.82, 2.24) is 0 Å². The first-order chi connectivity index (χ1) is 11.0. The van der Waals surface area contributed by atoms with Crippen molar-refractivity contribution in [1.29, 1.82) is 0 Å². The Morgan fingerprint density at radius 3 is 2.57 bits per heavy atom. The molecule has 1 aliphatic rings. The highest BCUT2D eigenvalue weighted by atomic mass is 16.7. The molecule has 0 amide bonds. The molecule has 4 atom stereocenters. The van der Waals surface area contributed by atoms with Crippen LogP contribution >= 0.6 is 0 Å². The van der Waals surface area contributed by atoms with Crippen molar-refractivity contribution in [2.24, 2.45) is 0 Å². The maximum atomic E-state index is 11.4. The van der Waals surface area contributed by atoms with Crippen LogP contribution in [0.5, 0.6) is 11.5 Å². The number of fused-ring (bicyclic) bond motifs is 1. The zero-order chi connectivity index (χ0) is 16.6. The van der Waals surface area contributed by atoms with E-state index in [1.165, 1.54) is 13.2 Å². The maximum absolute atomic E-state index is 11.4. The average Bonchev–Trinajstić information content (AvgIpc) is 2.82. The number of ether oxygens (including phenoxy) is 3. The summed E-state index contributed by atoms with van der Waals surface area (Å²) in [5.74, 6) is 0.335. The van der Waals surface area contributed by atoms with Gasteiger partial charge in [-0.25, -0.2) is 4.79 Å². The van der Waals surface area contributed by atoms with E-state index in [4.69, 9.17) is 23.7 Å². The van der Waals surface area contributed by atoms with Crippen molar-refractivity contribution < 1.29 is 33.9 Å². The van der Waals surface area contributed by atoms with Crippen molar-refractivity contribution >= 4 is 11.0 Å². The lowest BCUT2D eigenvalue weighted by Gasteiger charge is -2.19. The number of rotatable bonds is 4. The van der Waals surface area contributed by atoms with E-state index in [0.717, 1.165) is 0 Å². The van der Waals surface area contributed by atoms with Gasteiger partial charge in [0.1, 0.15) is 18.3 Å². The highest BCUT2D eigenvalue weighted by molar-refractivity contribution is 5.85. The third-order valence-corrected chi connectivity index (χ3v) is 3.65. The van der Waals surface area contributed by atoms with Crippen molar-refractivity contribution in [2.75, 3.05) is 13.7 Å². The molecule has 0 saturated carbocycles. The number of methoxy groups -OCH3 is 1. The van der Waals surface area contributed by atoms with E-state index in [0.29, 0.717) is 5.39 Å². The van der Waals surface area contributed by atoms with E-state index in [1.807, 2.05) is 0 Å². The van der Waals surface area contributed by atoms with Crippen molar-refractivity contribution in [3.8, 4) is 11.5 Å². The normalized spacial score (nSPS) is 27.3. The molecule has 0 bridgehead atoms. The summed E-state index contributed by atoms with van der Waals surface area (Å²) >= 11 is 0. The Hall–Kier alpha value is -2.13. The minimum atomic E-state index is -1.34. The SMILES string of the molecule is COc1c(O[C@H]2O[C@H](CO)[C@@H](O)[C@H]2O)ccc2ccc(=O)oc12. The third-order valence-electron chi connectivity index (χ3n) is 3.65. The van der Waals surface area contributed by atoms with Gasteiger partial charge in [0.25, 0.3) is 0 Å². The Morgan fingerprint density at radius 2 is 1.91 bits per heavy atom. The maximum Gasteiger partial charge on any atom is 0.336 e. The minimum Gasteiger partial charge on any atom is -0.490 e. The first-order valence-corrected chi connectivity index (χ1v) is 6.95. The summed E-state index contributed by atoms with van der Waals surface area (Å²) in [7, 11) is 1.38. The van der Waals surface area contributed by atoms with Gasteiger partial charge < -0.3 is 33.9 Å². The number of aliphatic hydroxyl groups is 3. The molecule has 2 aromatic rings. The van der Waals surface area contributed by atoms with E-state index < -0.39 is 36.8 Å². The molecular formula is C15H16O8. The molecular weight excluding hydrogens is 308 g/mol. The number of aliphatic hydroxyl groups excluding tert-OH is 3. The molecule has 1 aromatic heterocycles. The molecule has 0 radical (unpaired) electrons. The van der Waals surface area contributed by atoms with Gasteiger partial charge in [-0.2, -0.15) is 0 Å². The highest BCUT2D eigenvalue weighted by Crippen LogP contribution is 2.37. The monoisotopic (exact) mass is 324 g/mol. The lowest BCUT2D eigenvalue weighted by Crippen LogP contribution is -2.35. The predicted octanol–water partition coefficient (Wildman–Crippen LogP) is -0.381. The van der Waals surface area contributed by atoms with Crippen LogP contribution in [-0.4, -0.2) is 53.6 Å². The van der Waals surface area contributed by atoms with Gasteiger partial charge in [-0.3, -0.25) is 0 Å². The van der Waals surface area contributed by atoms with Crippen LogP contribution in [0.3, 0.4) is 0 Å². The summed E-state index contributed by atoms with van der Waals surface area (Å²) in [6, 6.07) is 6.08. The zero-order valence-corrected chi connectivity index (χ0v) is 12.2. The molecule has 8 nitrogen and oxygen atoms in total. The van der Waals surface area contributed by atoms with Crippen LogP contribution in [-0.2, 0) is 4.74 Å². The van der Waals surface area contributed by atoms with E-state index in [2.05, 4.69) is 0 Å². The Labute approximate surface area is 130 Å². The highest BCUT2D eigenvalue weighted by Gasteiger charge is 2.44. The number of benzene rings is 1. The average molecular weight is 324 g/mol. The van der Waals surface area contributed by atoms with Crippen molar-refractivity contribution in [2.45, 2.75) is 24.6 Å². The second-order valence-corrected chi connectivity index (χ2v) is 5.09. The fraction of sp³-hybridized carbons (Fsp3) is 0.400. The quantitative estimate of drug-likeness (QED) is 0.651. The Bertz CT molecular complexity index is 755. The van der Waals surface area contributed by atoms with Crippen LogP contribution in [0.4, 0.5) is 0 Å². The summed E-state index contributed by atoms with van der Waals surface area (Å²) < 4.78 is 21.1. The first-order valence-electron chi connectivity index (χ1n) is 6.95. The van der Waals surface area contributed by atoms with Crippen LogP contribution < -0.4 is 15.1 Å². The van der Waals surface area contributed by atoms with Crippen LogP contribution in [0.1, 0.15) is 0 Å². The lowest BCUT2D eigenvalue weighted by atomic mass is 10.1. The van der Waals surface area contributed by atoms with Crippen LogP contribution in [0.25, 0.3) is 11.0 Å². The molecule has 23 heavy (non-hydrogen) atoms. The number of hydrogen-bond acceptors (Lipinski definition) is 8. The van der Waals surface area contributed by atoms with Crippen molar-refractivity contribution in [3.05, 3.63) is 34.7 Å². The molecule has 1 fully saturated rings. The van der Waals surface area contributed by atoms with Crippen LogP contribution in [0.2, 0.25) is 0 Å². The largest absolute Gasteiger partial charge is 0.490 e. The van der Waals surface area contributed by atoms with Crippen LogP contribution in [0.15, 0.2) is 33.5 Å². The van der Waals surface area contributed by atoms with Gasteiger partial charge >= 0.3 is 5.63 Å². The second-order valence-electron chi connectivity index (χ2n) is 5.09. The van der Waals surface area contributed by atoms with E-state index in [-0.39, 0.29) is 17.1 Å². The second kappa shape index (κ2) is 6.17. The zero-order valence-electron chi connectivity index (χ0n) is 12.2. The molecule has 124 valence electrons. The van der Waals surface area contributed by atoms with Gasteiger partial charge in [0.2, 0.25) is 12.0 Å². The predicted molar refractivity (Wildman–Crippen MR) is 77.4 cm³/mol. The molecule has 0 aliphatic carbocycles. The Kier molecular flexibility index (Phi) is 4.22. The molecule has 0 unspecified atom stereocenters. The fourth-order valence-electron chi connectivity index (χ4n) is 2.46. The molecule has 8 heteroatoms. The van der Waals surface area contributed by atoms with Crippen molar-refractivity contribution in [3.63, 3.8) is 0 Å². The van der Waals surface area contributed by atoms with Gasteiger partial charge in [-0.05, 0) is 18.2 Å². The standard InChI is InChI=1S/C15H16O8/c1-20-14-8(4-2-7-3-5-10(17)23-13(7)14)21-15-12(19)11(18)9(6-16)22-15/h2-5,9,11-12,15-16,18-19H,6H2,1H3/t9-,11-,12-,15+/m1/s1. The van der Waals surface area contributed by atoms with Gasteiger partial charge in [-0.1, -0.05) is 0 Å². The summed E-state index contributed by atoms with van der Waals surface area (Å²) in [4.78, 5) is 11.4. The van der Waals surface area contributed by atoms with Gasteiger partial charge in [-0.15, -0.1) is 0 Å². The Balaban J connectivity index is 1.96. The molecule has 3 N–H and O–H groups in total. The summed E-state index contributed by atoms with van der Waals surface area (Å²) in [5.41, 5.74) is -0.342. The van der Waals surface area contributed by atoms with E-state index in [1.54, 1.807) is 18.2 Å². The fourth-order valence-corrected chi connectivity index (χ4v) is 2.46. The van der Waals surface area contributed by atoms with E-state index in [9.17, 15) is 15.0 Å². The van der Waals surface area contributed by atoms with Gasteiger partial charge in [0, 0.05) is 11.5 Å². The number of hydrogen-bond donors (Lipinski definition) is 3. The minimum absolute atomic E-state index is 0.165. The van der Waals surface area contributed by atoms with Gasteiger partial charge in [0.05, 0.1) is 13.7 Å². The first kappa shape index (κ1) is 15.8. The van der Waals surface area contributed by atoms with E-state index >= 15 is 0 Å². The lowest BCUT2D eigenvalue weighted by molar-refractivity contribution is -0.117. The molecule has 1 aromatic carbocycles. The smallest absolute Gasteiger partial charge is 0.336 e. The molecule has 2 heterocycles. The summed E-state index contributed by atoms with van der Waals surface area (Å²) in [6.07, 6.45) is -4.74. The third kappa shape index (κ3) is 2.77. The summed E-state index contributed by atoms with van der Waals surface area (Å²) in [6.45, 7) is -0.457. The molecule has 1 saturated heterocycles. The molecule has 3 rings (SSSR count). The van der Waals surface area contributed by atoms with Crippen LogP contribution in [0, 0.1) is 0 Å². The molecule has 1 aliphatic heterocycles. The Morgan fingerprint density at radius 1 is 1.17 bits per heavy atom.